The summed E-state index contributed by atoms with van der Waals surface area (Å²) in [6.45, 7) is 1.80. The van der Waals surface area contributed by atoms with Crippen LogP contribution in [0.25, 0.3) is 6.08 Å². The minimum Gasteiger partial charge on any atom is -0.219 e. The van der Waals surface area contributed by atoms with E-state index in [2.05, 4.69) is 15.9 Å². The molecule has 0 fully saturated rings. The Kier molecular flexibility index (Phi) is 1.85. The van der Waals surface area contributed by atoms with Crippen molar-refractivity contribution in [2.75, 3.05) is 0 Å². The first kappa shape index (κ1) is 8.97. The van der Waals surface area contributed by atoms with Crippen LogP contribution in [0.3, 0.4) is 0 Å². The van der Waals surface area contributed by atoms with Gasteiger partial charge in [-0.05, 0) is 36.3 Å². The number of hydrogen-bond acceptors (Lipinski definition) is 2. The summed E-state index contributed by atoms with van der Waals surface area (Å²) >= 11 is 3.32. The summed E-state index contributed by atoms with van der Waals surface area (Å²) in [6.07, 6.45) is 1.63. The van der Waals surface area contributed by atoms with Crippen molar-refractivity contribution >= 4 is 31.8 Å². The predicted molar refractivity (Wildman–Crippen MR) is 55.1 cm³/mol. The molecule has 0 amide bonds. The molecule has 0 N–H and O–H groups in total. The summed E-state index contributed by atoms with van der Waals surface area (Å²) in [5.41, 5.74) is 1.56. The second-order valence-corrected chi connectivity index (χ2v) is 5.67. The fourth-order valence-corrected chi connectivity index (χ4v) is 3.51. The van der Waals surface area contributed by atoms with Crippen molar-refractivity contribution in [3.8, 4) is 0 Å². The number of halogens is 1. The molecule has 1 aliphatic heterocycles. The Balaban J connectivity index is 2.86. The van der Waals surface area contributed by atoms with Crippen LogP contribution in [0.4, 0.5) is 0 Å². The van der Waals surface area contributed by atoms with E-state index >= 15 is 0 Å². The molecule has 68 valence electrons. The minimum atomic E-state index is -3.15. The molecule has 0 unspecified atom stereocenters. The van der Waals surface area contributed by atoms with Crippen molar-refractivity contribution in [1.82, 2.24) is 0 Å². The number of rotatable bonds is 0. The summed E-state index contributed by atoms with van der Waals surface area (Å²) < 4.78 is 23.9. The maximum Gasteiger partial charge on any atom is 0.200 e. The second-order valence-electron chi connectivity index (χ2n) is 2.99. The van der Waals surface area contributed by atoms with Crippen LogP contribution in [0.15, 0.2) is 26.9 Å². The van der Waals surface area contributed by atoms with Gasteiger partial charge in [-0.3, -0.25) is 0 Å². The van der Waals surface area contributed by atoms with Crippen LogP contribution in [0, 0.1) is 6.92 Å². The van der Waals surface area contributed by atoms with E-state index in [1.165, 1.54) is 5.41 Å². The monoisotopic (exact) mass is 258 g/mol. The predicted octanol–water partition coefficient (Wildman–Crippen LogP) is 2.52. The first-order valence-corrected chi connectivity index (χ1v) is 6.08. The molecule has 2 rings (SSSR count). The van der Waals surface area contributed by atoms with Gasteiger partial charge in [-0.2, -0.15) is 0 Å². The molecule has 13 heavy (non-hydrogen) atoms. The molecule has 0 atom stereocenters. The van der Waals surface area contributed by atoms with E-state index in [9.17, 15) is 8.42 Å². The zero-order chi connectivity index (χ0) is 9.64. The third kappa shape index (κ3) is 1.34. The van der Waals surface area contributed by atoms with Gasteiger partial charge in [-0.1, -0.05) is 15.9 Å². The highest BCUT2D eigenvalue weighted by molar-refractivity contribution is 9.10. The summed E-state index contributed by atoms with van der Waals surface area (Å²) in [5.74, 6) is 0. The molecule has 1 aromatic carbocycles. The van der Waals surface area contributed by atoms with Gasteiger partial charge in [0.1, 0.15) is 0 Å². The highest BCUT2D eigenvalue weighted by Gasteiger charge is 2.22. The average molecular weight is 259 g/mol. The van der Waals surface area contributed by atoms with Crippen molar-refractivity contribution in [3.05, 3.63) is 33.1 Å². The van der Waals surface area contributed by atoms with Gasteiger partial charge < -0.3 is 0 Å². The third-order valence-corrected chi connectivity index (χ3v) is 4.06. The van der Waals surface area contributed by atoms with Crippen molar-refractivity contribution in [3.63, 3.8) is 0 Å². The van der Waals surface area contributed by atoms with Gasteiger partial charge in [-0.25, -0.2) is 8.42 Å². The summed E-state index contributed by atoms with van der Waals surface area (Å²) in [4.78, 5) is 0.440. The van der Waals surface area contributed by atoms with E-state index in [1.807, 2.05) is 12.1 Å². The van der Waals surface area contributed by atoms with Gasteiger partial charge in [0, 0.05) is 9.88 Å². The summed E-state index contributed by atoms with van der Waals surface area (Å²) in [7, 11) is -3.15. The normalized spacial score (nSPS) is 17.4. The molecule has 1 aromatic rings. The number of hydrogen-bond donors (Lipinski definition) is 0. The first-order chi connectivity index (χ1) is 6.00. The molecule has 1 aliphatic rings. The molecule has 0 aromatic heterocycles. The Bertz CT molecular complexity index is 501. The Morgan fingerprint density at radius 2 is 2.00 bits per heavy atom. The average Bonchev–Trinajstić information content (AvgIpc) is 2.26. The van der Waals surface area contributed by atoms with Crippen molar-refractivity contribution in [2.24, 2.45) is 0 Å². The Morgan fingerprint density at radius 3 is 2.69 bits per heavy atom. The lowest BCUT2D eigenvalue weighted by Gasteiger charge is -2.03. The van der Waals surface area contributed by atoms with Crippen LogP contribution in [-0.4, -0.2) is 8.42 Å². The van der Waals surface area contributed by atoms with E-state index in [4.69, 9.17) is 0 Å². The molecule has 0 saturated carbocycles. The zero-order valence-corrected chi connectivity index (χ0v) is 9.31. The lowest BCUT2D eigenvalue weighted by molar-refractivity contribution is 0.605. The molecule has 0 saturated heterocycles. The van der Waals surface area contributed by atoms with Crippen LogP contribution in [-0.2, 0) is 9.84 Å². The largest absolute Gasteiger partial charge is 0.219 e. The van der Waals surface area contributed by atoms with Gasteiger partial charge in [0.2, 0.25) is 9.84 Å². The maximum absolute atomic E-state index is 11.5. The molecule has 0 radical (unpaired) electrons. The SMILES string of the molecule is Cc1cc(Br)cc2c1S(=O)(=O)C=C2. The van der Waals surface area contributed by atoms with Gasteiger partial charge >= 0.3 is 0 Å². The number of aryl methyl sites for hydroxylation is 1. The highest BCUT2D eigenvalue weighted by atomic mass is 79.9. The van der Waals surface area contributed by atoms with Crippen molar-refractivity contribution < 1.29 is 8.42 Å². The van der Waals surface area contributed by atoms with E-state index < -0.39 is 9.84 Å². The van der Waals surface area contributed by atoms with E-state index in [1.54, 1.807) is 13.0 Å². The molecule has 1 heterocycles. The highest BCUT2D eigenvalue weighted by Crippen LogP contribution is 2.32. The fourth-order valence-electron chi connectivity index (χ4n) is 1.50. The molecule has 4 heteroatoms. The molecular formula is C9H7BrO2S. The standard InChI is InChI=1S/C9H7BrO2S/c1-6-4-8(10)5-7-2-3-13(11,12)9(6)7/h2-5H,1H3. The van der Waals surface area contributed by atoms with Crippen LogP contribution in [0.2, 0.25) is 0 Å². The van der Waals surface area contributed by atoms with E-state index in [-0.39, 0.29) is 0 Å². The molecule has 0 spiro atoms. The quantitative estimate of drug-likeness (QED) is 0.717. The van der Waals surface area contributed by atoms with E-state index in [0.29, 0.717) is 4.90 Å². The fraction of sp³-hybridized carbons (Fsp3) is 0.111. The number of sulfone groups is 1. The lowest BCUT2D eigenvalue weighted by Crippen LogP contribution is -1.96. The number of benzene rings is 1. The van der Waals surface area contributed by atoms with E-state index in [0.717, 1.165) is 15.6 Å². The molecule has 0 bridgehead atoms. The van der Waals surface area contributed by atoms with Gasteiger partial charge in [0.05, 0.1) is 4.90 Å². The van der Waals surface area contributed by atoms with Crippen LogP contribution in [0.5, 0.6) is 0 Å². The summed E-state index contributed by atoms with van der Waals surface area (Å²) in [5, 5.41) is 1.25. The summed E-state index contributed by atoms with van der Waals surface area (Å²) in [6, 6.07) is 3.62. The maximum atomic E-state index is 11.5. The topological polar surface area (TPSA) is 34.1 Å². The zero-order valence-electron chi connectivity index (χ0n) is 6.91. The smallest absolute Gasteiger partial charge is 0.200 e. The second kappa shape index (κ2) is 2.69. The molecule has 2 nitrogen and oxygen atoms in total. The van der Waals surface area contributed by atoms with Crippen LogP contribution < -0.4 is 0 Å². The van der Waals surface area contributed by atoms with Crippen LogP contribution in [0.1, 0.15) is 11.1 Å². The van der Waals surface area contributed by atoms with Crippen molar-refractivity contribution in [1.29, 1.82) is 0 Å². The lowest BCUT2D eigenvalue weighted by atomic mass is 10.1. The third-order valence-electron chi connectivity index (χ3n) is 1.98. The Morgan fingerprint density at radius 1 is 1.31 bits per heavy atom. The Labute approximate surface area is 85.3 Å². The minimum absolute atomic E-state index is 0.440. The molecule has 0 aliphatic carbocycles. The van der Waals surface area contributed by atoms with Crippen molar-refractivity contribution in [2.45, 2.75) is 11.8 Å². The van der Waals surface area contributed by atoms with Gasteiger partial charge in [-0.15, -0.1) is 0 Å². The van der Waals surface area contributed by atoms with Gasteiger partial charge in [0.25, 0.3) is 0 Å². The molecular weight excluding hydrogens is 252 g/mol. The number of fused-ring (bicyclic) bond motifs is 1. The van der Waals surface area contributed by atoms with Gasteiger partial charge in [0.15, 0.2) is 0 Å². The first-order valence-electron chi connectivity index (χ1n) is 3.74. The van der Waals surface area contributed by atoms with Crippen LogP contribution >= 0.6 is 15.9 Å². The Hall–Kier alpha value is -0.610.